The van der Waals surface area contributed by atoms with Gasteiger partial charge in [0.25, 0.3) is 0 Å². The Morgan fingerprint density at radius 1 is 1.20 bits per heavy atom. The quantitative estimate of drug-likeness (QED) is 0.888. The molecule has 25 heavy (non-hydrogen) atoms. The van der Waals surface area contributed by atoms with E-state index in [1.165, 1.54) is 0 Å². The van der Waals surface area contributed by atoms with E-state index in [2.05, 4.69) is 10.2 Å². The Balaban J connectivity index is 1.62. The largest absolute Gasteiger partial charge is 0.495 e. The number of carbonyl (C=O) groups excluding carboxylic acids is 1. The van der Waals surface area contributed by atoms with E-state index in [1.807, 2.05) is 24.3 Å². The molecule has 1 aliphatic rings. The summed E-state index contributed by atoms with van der Waals surface area (Å²) in [7, 11) is 1.56. The first-order valence-corrected chi connectivity index (χ1v) is 8.58. The molecule has 2 aromatic carbocycles. The van der Waals surface area contributed by atoms with Crippen molar-refractivity contribution < 1.29 is 14.3 Å². The third-order valence-electron chi connectivity index (χ3n) is 4.11. The summed E-state index contributed by atoms with van der Waals surface area (Å²) >= 11 is 5.99. The summed E-state index contributed by atoms with van der Waals surface area (Å²) in [6, 6.07) is 13.2. The van der Waals surface area contributed by atoms with Crippen LogP contribution >= 0.6 is 11.6 Å². The number of nitrogens with one attached hydrogen (secondary N) is 1. The molecule has 2 aromatic rings. The molecule has 1 saturated heterocycles. The van der Waals surface area contributed by atoms with Gasteiger partial charge in [0, 0.05) is 23.8 Å². The SMILES string of the molecule is COc1ccc(Cl)cc1NC(=O)Cc1ccc(N2CCOCC2)cc1. The molecule has 5 nitrogen and oxygen atoms in total. The van der Waals surface area contributed by atoms with Crippen molar-refractivity contribution in [2.75, 3.05) is 43.6 Å². The minimum absolute atomic E-state index is 0.111. The van der Waals surface area contributed by atoms with Crippen LogP contribution in [0.2, 0.25) is 5.02 Å². The van der Waals surface area contributed by atoms with Crippen molar-refractivity contribution in [3.05, 3.63) is 53.1 Å². The minimum Gasteiger partial charge on any atom is -0.495 e. The lowest BCUT2D eigenvalue weighted by molar-refractivity contribution is -0.115. The van der Waals surface area contributed by atoms with E-state index < -0.39 is 0 Å². The molecule has 132 valence electrons. The molecule has 0 radical (unpaired) electrons. The highest BCUT2D eigenvalue weighted by Gasteiger charge is 2.12. The van der Waals surface area contributed by atoms with Crippen molar-refractivity contribution in [2.45, 2.75) is 6.42 Å². The Morgan fingerprint density at radius 3 is 2.60 bits per heavy atom. The number of carbonyl (C=O) groups is 1. The second-order valence-electron chi connectivity index (χ2n) is 5.84. The zero-order chi connectivity index (χ0) is 17.6. The van der Waals surface area contributed by atoms with Gasteiger partial charge in [0.15, 0.2) is 0 Å². The van der Waals surface area contributed by atoms with Gasteiger partial charge in [-0.25, -0.2) is 0 Å². The van der Waals surface area contributed by atoms with Crippen molar-refractivity contribution in [1.29, 1.82) is 0 Å². The molecular weight excluding hydrogens is 340 g/mol. The molecule has 6 heteroatoms. The number of amides is 1. The number of rotatable bonds is 5. The second kappa shape index (κ2) is 8.23. The van der Waals surface area contributed by atoms with Crippen molar-refractivity contribution in [2.24, 2.45) is 0 Å². The Bertz CT molecular complexity index is 728. The maximum absolute atomic E-state index is 12.3. The molecular formula is C19H21ClN2O3. The van der Waals surface area contributed by atoms with Crippen LogP contribution in [0.3, 0.4) is 0 Å². The molecule has 0 aliphatic carbocycles. The zero-order valence-electron chi connectivity index (χ0n) is 14.1. The summed E-state index contributed by atoms with van der Waals surface area (Å²) in [5, 5.41) is 3.40. The standard InChI is InChI=1S/C19H21ClN2O3/c1-24-18-7-4-15(20)13-17(18)21-19(23)12-14-2-5-16(6-3-14)22-8-10-25-11-9-22/h2-7,13H,8-12H2,1H3,(H,21,23). The Kier molecular flexibility index (Phi) is 5.79. The predicted octanol–water partition coefficient (Wildman–Crippen LogP) is 3.37. The van der Waals surface area contributed by atoms with Gasteiger partial charge in [0.1, 0.15) is 5.75 Å². The summed E-state index contributed by atoms with van der Waals surface area (Å²) < 4.78 is 10.6. The number of ether oxygens (including phenoxy) is 2. The van der Waals surface area contributed by atoms with E-state index in [0.717, 1.165) is 37.6 Å². The summed E-state index contributed by atoms with van der Waals surface area (Å²) in [5.41, 5.74) is 2.68. The summed E-state index contributed by atoms with van der Waals surface area (Å²) in [6.07, 6.45) is 0.291. The number of nitrogens with zero attached hydrogens (tertiary/aromatic N) is 1. The van der Waals surface area contributed by atoms with Crippen molar-refractivity contribution in [1.82, 2.24) is 0 Å². The Hall–Kier alpha value is -2.24. The highest BCUT2D eigenvalue weighted by molar-refractivity contribution is 6.31. The lowest BCUT2D eigenvalue weighted by atomic mass is 10.1. The molecule has 0 atom stereocenters. The molecule has 0 bridgehead atoms. The minimum atomic E-state index is -0.111. The average molecular weight is 361 g/mol. The Labute approximate surface area is 152 Å². The van der Waals surface area contributed by atoms with Gasteiger partial charge in [-0.3, -0.25) is 4.79 Å². The van der Waals surface area contributed by atoms with E-state index in [4.69, 9.17) is 21.1 Å². The maximum Gasteiger partial charge on any atom is 0.228 e. The monoisotopic (exact) mass is 360 g/mol. The first-order chi connectivity index (χ1) is 12.2. The number of halogens is 1. The van der Waals surface area contributed by atoms with E-state index in [-0.39, 0.29) is 5.91 Å². The van der Waals surface area contributed by atoms with Crippen LogP contribution in [0.4, 0.5) is 11.4 Å². The normalized spacial score (nSPS) is 14.2. The van der Waals surface area contributed by atoms with Crippen molar-refractivity contribution in [3.8, 4) is 5.75 Å². The molecule has 1 heterocycles. The fraction of sp³-hybridized carbons (Fsp3) is 0.316. The van der Waals surface area contributed by atoms with Gasteiger partial charge < -0.3 is 19.7 Å². The van der Waals surface area contributed by atoms with Crippen molar-refractivity contribution in [3.63, 3.8) is 0 Å². The molecule has 1 fully saturated rings. The molecule has 0 aromatic heterocycles. The van der Waals surface area contributed by atoms with Gasteiger partial charge in [-0.05, 0) is 35.9 Å². The molecule has 3 rings (SSSR count). The average Bonchev–Trinajstić information content (AvgIpc) is 2.63. The third-order valence-corrected chi connectivity index (χ3v) is 4.35. The fourth-order valence-electron chi connectivity index (χ4n) is 2.80. The fourth-order valence-corrected chi connectivity index (χ4v) is 2.98. The van der Waals surface area contributed by atoms with Crippen LogP contribution in [-0.2, 0) is 16.0 Å². The van der Waals surface area contributed by atoms with Crippen LogP contribution in [0.1, 0.15) is 5.56 Å². The number of hydrogen-bond acceptors (Lipinski definition) is 4. The molecule has 1 amide bonds. The highest BCUT2D eigenvalue weighted by atomic mass is 35.5. The summed E-state index contributed by atoms with van der Waals surface area (Å²) in [6.45, 7) is 3.31. The first-order valence-electron chi connectivity index (χ1n) is 8.21. The lowest BCUT2D eigenvalue weighted by Gasteiger charge is -2.28. The van der Waals surface area contributed by atoms with Crippen LogP contribution in [0, 0.1) is 0 Å². The van der Waals surface area contributed by atoms with E-state index in [1.54, 1.807) is 25.3 Å². The van der Waals surface area contributed by atoms with Gasteiger partial charge in [-0.1, -0.05) is 23.7 Å². The molecule has 1 N–H and O–H groups in total. The second-order valence-corrected chi connectivity index (χ2v) is 6.27. The van der Waals surface area contributed by atoms with Crippen LogP contribution in [0.25, 0.3) is 0 Å². The topological polar surface area (TPSA) is 50.8 Å². The van der Waals surface area contributed by atoms with E-state index >= 15 is 0 Å². The summed E-state index contributed by atoms with van der Waals surface area (Å²) in [5.74, 6) is 0.472. The van der Waals surface area contributed by atoms with Crippen LogP contribution in [-0.4, -0.2) is 39.3 Å². The number of hydrogen-bond donors (Lipinski definition) is 1. The van der Waals surface area contributed by atoms with Gasteiger partial charge in [-0.15, -0.1) is 0 Å². The predicted molar refractivity (Wildman–Crippen MR) is 99.8 cm³/mol. The van der Waals surface area contributed by atoms with Gasteiger partial charge in [-0.2, -0.15) is 0 Å². The number of morpholine rings is 1. The smallest absolute Gasteiger partial charge is 0.228 e. The lowest BCUT2D eigenvalue weighted by Crippen LogP contribution is -2.36. The summed E-state index contributed by atoms with van der Waals surface area (Å²) in [4.78, 5) is 14.6. The highest BCUT2D eigenvalue weighted by Crippen LogP contribution is 2.27. The third kappa shape index (κ3) is 4.65. The molecule has 0 unspecified atom stereocenters. The van der Waals surface area contributed by atoms with Crippen LogP contribution in [0.5, 0.6) is 5.75 Å². The maximum atomic E-state index is 12.3. The number of benzene rings is 2. The van der Waals surface area contributed by atoms with Crippen molar-refractivity contribution >= 4 is 28.9 Å². The van der Waals surface area contributed by atoms with E-state index in [0.29, 0.717) is 22.9 Å². The van der Waals surface area contributed by atoms with E-state index in [9.17, 15) is 4.79 Å². The first kappa shape index (κ1) is 17.6. The van der Waals surface area contributed by atoms with Gasteiger partial charge in [0.2, 0.25) is 5.91 Å². The Morgan fingerprint density at radius 2 is 1.92 bits per heavy atom. The molecule has 1 aliphatic heterocycles. The number of anilines is 2. The zero-order valence-corrected chi connectivity index (χ0v) is 14.9. The van der Waals surface area contributed by atoms with Gasteiger partial charge in [0.05, 0.1) is 32.4 Å². The van der Waals surface area contributed by atoms with Crippen LogP contribution < -0.4 is 15.0 Å². The van der Waals surface area contributed by atoms with Gasteiger partial charge >= 0.3 is 0 Å². The molecule has 0 spiro atoms. The van der Waals surface area contributed by atoms with Crippen LogP contribution in [0.15, 0.2) is 42.5 Å². The number of methoxy groups -OCH3 is 1. The molecule has 0 saturated carbocycles.